The molecule has 0 bridgehead atoms. The molecule has 0 saturated heterocycles. The van der Waals surface area contributed by atoms with Crippen molar-refractivity contribution in [2.24, 2.45) is 5.41 Å². The number of rotatable bonds is 1. The molecule has 0 radical (unpaired) electrons. The molecule has 0 atom stereocenters. The maximum absolute atomic E-state index is 12.2. The van der Waals surface area contributed by atoms with E-state index in [1.165, 1.54) is 0 Å². The highest BCUT2D eigenvalue weighted by atomic mass is 16.3. The number of carbonyl (C=O) groups excluding carboxylic acids is 1. The summed E-state index contributed by atoms with van der Waals surface area (Å²) in [5, 5.41) is 18.1. The van der Waals surface area contributed by atoms with Crippen LogP contribution in [0.25, 0.3) is 5.76 Å². The molecule has 0 aromatic heterocycles. The Morgan fingerprint density at radius 1 is 1.18 bits per heavy atom. The number of ketones is 1. The number of allylic oxidation sites excluding steroid dienone is 1. The Hall–Kier alpha value is -1.90. The second kappa shape index (κ2) is 3.55. The number of hydrogen-bond donors (Lipinski definition) is 2. The Morgan fingerprint density at radius 3 is 2.18 bits per heavy atom. The van der Waals surface area contributed by atoms with Gasteiger partial charge in [-0.3, -0.25) is 10.2 Å². The molecule has 0 heterocycles. The predicted molar refractivity (Wildman–Crippen MR) is 67.3 cm³/mol. The topological polar surface area (TPSA) is 61.1 Å². The lowest BCUT2D eigenvalue weighted by Gasteiger charge is -2.17. The van der Waals surface area contributed by atoms with Crippen LogP contribution in [0, 0.1) is 10.8 Å². The standard InChI is InChI=1S/C14H15NO2/c1-14(2,3)13(17)10-11(15)8-6-4-5-7-9(8)12(10)16/h4-7,15-16H,1-3H3. The first-order valence-electron chi connectivity index (χ1n) is 5.51. The van der Waals surface area contributed by atoms with Crippen molar-refractivity contribution in [2.45, 2.75) is 20.8 Å². The molecule has 0 fully saturated rings. The molecule has 3 heteroatoms. The SMILES string of the molecule is CC(C)(C)C(=O)C1=C(O)c2ccccc2C1=N. The monoisotopic (exact) mass is 229 g/mol. The number of fused-ring (bicyclic) bond motifs is 1. The number of carbonyl (C=O) groups is 1. The number of aliphatic hydroxyl groups is 1. The van der Waals surface area contributed by atoms with Gasteiger partial charge in [-0.25, -0.2) is 0 Å². The summed E-state index contributed by atoms with van der Waals surface area (Å²) in [7, 11) is 0. The Morgan fingerprint density at radius 2 is 1.71 bits per heavy atom. The maximum atomic E-state index is 12.2. The zero-order chi connectivity index (χ0) is 12.8. The number of benzene rings is 1. The van der Waals surface area contributed by atoms with Crippen molar-refractivity contribution in [1.82, 2.24) is 0 Å². The molecule has 1 aliphatic carbocycles. The van der Waals surface area contributed by atoms with Gasteiger partial charge in [0.25, 0.3) is 0 Å². The van der Waals surface area contributed by atoms with E-state index in [0.717, 1.165) is 0 Å². The van der Waals surface area contributed by atoms with E-state index in [9.17, 15) is 9.90 Å². The number of Topliss-reactive ketones (excluding diaryl/α,β-unsaturated/α-hetero) is 1. The summed E-state index contributed by atoms with van der Waals surface area (Å²) in [4.78, 5) is 12.2. The second-order valence-corrected chi connectivity index (χ2v) is 5.22. The fourth-order valence-electron chi connectivity index (χ4n) is 1.89. The van der Waals surface area contributed by atoms with Crippen LogP contribution in [0.15, 0.2) is 29.8 Å². The molecule has 1 aromatic carbocycles. The highest BCUT2D eigenvalue weighted by molar-refractivity contribution is 6.36. The summed E-state index contributed by atoms with van der Waals surface area (Å²) < 4.78 is 0. The smallest absolute Gasteiger partial charge is 0.174 e. The molecule has 0 unspecified atom stereocenters. The van der Waals surface area contributed by atoms with Crippen molar-refractivity contribution in [3.63, 3.8) is 0 Å². The first-order valence-corrected chi connectivity index (χ1v) is 5.51. The molecule has 0 spiro atoms. The lowest BCUT2D eigenvalue weighted by atomic mass is 9.85. The van der Waals surface area contributed by atoms with Crippen LogP contribution < -0.4 is 0 Å². The lowest BCUT2D eigenvalue weighted by molar-refractivity contribution is -0.121. The summed E-state index contributed by atoms with van der Waals surface area (Å²) >= 11 is 0. The minimum absolute atomic E-state index is 0.0643. The van der Waals surface area contributed by atoms with Gasteiger partial charge in [-0.2, -0.15) is 0 Å². The van der Waals surface area contributed by atoms with E-state index in [0.29, 0.717) is 11.1 Å². The second-order valence-electron chi connectivity index (χ2n) is 5.22. The minimum atomic E-state index is -0.600. The fourth-order valence-corrected chi connectivity index (χ4v) is 1.89. The molecular weight excluding hydrogens is 214 g/mol. The zero-order valence-corrected chi connectivity index (χ0v) is 10.2. The molecule has 3 nitrogen and oxygen atoms in total. The first kappa shape index (κ1) is 11.6. The van der Waals surface area contributed by atoms with Gasteiger partial charge in [0, 0.05) is 16.5 Å². The molecule has 1 aromatic rings. The third kappa shape index (κ3) is 1.68. The molecule has 0 saturated carbocycles. The molecule has 0 aliphatic heterocycles. The van der Waals surface area contributed by atoms with Crippen LogP contribution in [0.4, 0.5) is 0 Å². The van der Waals surface area contributed by atoms with Gasteiger partial charge in [-0.05, 0) is 0 Å². The van der Waals surface area contributed by atoms with Gasteiger partial charge in [-0.15, -0.1) is 0 Å². The van der Waals surface area contributed by atoms with Gasteiger partial charge in [0.2, 0.25) is 0 Å². The zero-order valence-electron chi connectivity index (χ0n) is 10.2. The molecule has 88 valence electrons. The summed E-state index contributed by atoms with van der Waals surface area (Å²) in [6.45, 7) is 5.35. The van der Waals surface area contributed by atoms with E-state index in [1.54, 1.807) is 45.0 Å². The number of hydrogen-bond acceptors (Lipinski definition) is 3. The van der Waals surface area contributed by atoms with Crippen LogP contribution in [0.2, 0.25) is 0 Å². The highest BCUT2D eigenvalue weighted by Gasteiger charge is 2.36. The predicted octanol–water partition coefficient (Wildman–Crippen LogP) is 2.95. The van der Waals surface area contributed by atoms with Crippen LogP contribution in [0.1, 0.15) is 31.9 Å². The quantitative estimate of drug-likeness (QED) is 0.777. The van der Waals surface area contributed by atoms with Crippen molar-refractivity contribution in [1.29, 1.82) is 5.41 Å². The normalized spacial score (nSPS) is 15.1. The molecule has 2 N–H and O–H groups in total. The van der Waals surface area contributed by atoms with E-state index < -0.39 is 5.41 Å². The van der Waals surface area contributed by atoms with Crippen LogP contribution in [-0.4, -0.2) is 16.6 Å². The third-order valence-electron chi connectivity index (χ3n) is 2.85. The Kier molecular flexibility index (Phi) is 2.42. The third-order valence-corrected chi connectivity index (χ3v) is 2.85. The van der Waals surface area contributed by atoms with Crippen molar-refractivity contribution in [3.8, 4) is 0 Å². The maximum Gasteiger partial charge on any atom is 0.174 e. The van der Waals surface area contributed by atoms with Gasteiger partial charge < -0.3 is 5.11 Å². The van der Waals surface area contributed by atoms with Crippen molar-refractivity contribution in [2.75, 3.05) is 0 Å². The average Bonchev–Trinajstić information content (AvgIpc) is 2.51. The van der Waals surface area contributed by atoms with Gasteiger partial charge in [-0.1, -0.05) is 45.0 Å². The molecule has 17 heavy (non-hydrogen) atoms. The van der Waals surface area contributed by atoms with Crippen molar-refractivity contribution < 1.29 is 9.90 Å². The Balaban J connectivity index is 2.57. The van der Waals surface area contributed by atoms with E-state index in [4.69, 9.17) is 5.41 Å². The van der Waals surface area contributed by atoms with Crippen molar-refractivity contribution >= 4 is 17.3 Å². The van der Waals surface area contributed by atoms with Crippen LogP contribution in [0.3, 0.4) is 0 Å². The van der Waals surface area contributed by atoms with Gasteiger partial charge in [0.1, 0.15) is 5.76 Å². The molecule has 0 amide bonds. The molecule has 1 aliphatic rings. The minimum Gasteiger partial charge on any atom is -0.506 e. The summed E-state index contributed by atoms with van der Waals surface area (Å²) in [6, 6.07) is 7.05. The summed E-state index contributed by atoms with van der Waals surface area (Å²) in [6.07, 6.45) is 0. The molecule has 2 rings (SSSR count). The lowest BCUT2D eigenvalue weighted by Crippen LogP contribution is -2.25. The van der Waals surface area contributed by atoms with E-state index in [-0.39, 0.29) is 22.8 Å². The molecular formula is C14H15NO2. The van der Waals surface area contributed by atoms with E-state index in [2.05, 4.69) is 0 Å². The average molecular weight is 229 g/mol. The largest absolute Gasteiger partial charge is 0.506 e. The summed E-state index contributed by atoms with van der Waals surface area (Å²) in [5.74, 6) is -0.262. The fraction of sp³-hybridized carbons (Fsp3) is 0.286. The first-order chi connectivity index (χ1) is 7.84. The van der Waals surface area contributed by atoms with Gasteiger partial charge in [0.15, 0.2) is 5.78 Å². The van der Waals surface area contributed by atoms with Gasteiger partial charge >= 0.3 is 0 Å². The number of nitrogens with one attached hydrogen (secondary N) is 1. The highest BCUT2D eigenvalue weighted by Crippen LogP contribution is 2.34. The Bertz CT molecular complexity index is 548. The van der Waals surface area contributed by atoms with E-state index >= 15 is 0 Å². The Labute approximate surface area is 100 Å². The van der Waals surface area contributed by atoms with Crippen LogP contribution in [-0.2, 0) is 4.79 Å². The van der Waals surface area contributed by atoms with Gasteiger partial charge in [0.05, 0.1) is 11.3 Å². The van der Waals surface area contributed by atoms with Crippen LogP contribution >= 0.6 is 0 Å². The number of aliphatic hydroxyl groups excluding tert-OH is 1. The summed E-state index contributed by atoms with van der Waals surface area (Å²) in [5.41, 5.74) is 0.858. The van der Waals surface area contributed by atoms with Crippen molar-refractivity contribution in [3.05, 3.63) is 41.0 Å². The van der Waals surface area contributed by atoms with E-state index in [1.807, 2.05) is 0 Å². The van der Waals surface area contributed by atoms with Crippen LogP contribution in [0.5, 0.6) is 0 Å².